The fraction of sp³-hybridized carbons (Fsp3) is 0.259. The molecule has 4 aromatic rings. The van der Waals surface area contributed by atoms with E-state index >= 15 is 0 Å². The first-order valence-electron chi connectivity index (χ1n) is 11.4. The molecule has 1 N–H and O–H groups in total. The summed E-state index contributed by atoms with van der Waals surface area (Å²) in [5.41, 5.74) is 4.80. The minimum Gasteiger partial charge on any atom is -0.493 e. The van der Waals surface area contributed by atoms with Crippen molar-refractivity contribution >= 4 is 0 Å². The summed E-state index contributed by atoms with van der Waals surface area (Å²) in [4.78, 5) is 4.46. The first-order chi connectivity index (χ1) is 16.3. The highest BCUT2D eigenvalue weighted by atomic mass is 16.5. The van der Waals surface area contributed by atoms with Crippen LogP contribution in [0.4, 0.5) is 0 Å². The molecule has 1 aliphatic carbocycles. The van der Waals surface area contributed by atoms with Gasteiger partial charge < -0.3 is 14.8 Å². The highest BCUT2D eigenvalue weighted by Crippen LogP contribution is 2.32. The Bertz CT molecular complexity index is 1190. The molecule has 6 heteroatoms. The Morgan fingerprint density at radius 3 is 2.70 bits per heavy atom. The van der Waals surface area contributed by atoms with Gasteiger partial charge in [-0.1, -0.05) is 42.5 Å². The van der Waals surface area contributed by atoms with Crippen molar-refractivity contribution in [2.75, 3.05) is 7.11 Å². The fourth-order valence-electron chi connectivity index (χ4n) is 4.36. The van der Waals surface area contributed by atoms with Gasteiger partial charge in [-0.05, 0) is 54.7 Å². The minimum absolute atomic E-state index is 0.270. The first kappa shape index (κ1) is 21.2. The number of aromatic nitrogens is 3. The van der Waals surface area contributed by atoms with Gasteiger partial charge in [0.1, 0.15) is 6.61 Å². The third kappa shape index (κ3) is 4.76. The van der Waals surface area contributed by atoms with Crippen LogP contribution in [-0.4, -0.2) is 21.9 Å². The van der Waals surface area contributed by atoms with E-state index in [1.807, 2.05) is 65.6 Å². The van der Waals surface area contributed by atoms with Gasteiger partial charge >= 0.3 is 0 Å². The zero-order valence-electron chi connectivity index (χ0n) is 18.8. The Balaban J connectivity index is 1.26. The van der Waals surface area contributed by atoms with E-state index < -0.39 is 0 Å². The normalized spacial score (nSPS) is 15.1. The molecule has 6 nitrogen and oxygen atoms in total. The van der Waals surface area contributed by atoms with Crippen molar-refractivity contribution in [2.45, 2.75) is 38.5 Å². The van der Waals surface area contributed by atoms with Crippen LogP contribution in [-0.2, 0) is 19.6 Å². The van der Waals surface area contributed by atoms with Gasteiger partial charge in [0, 0.05) is 24.3 Å². The third-order valence-corrected chi connectivity index (χ3v) is 6.07. The largest absolute Gasteiger partial charge is 0.493 e. The standard InChI is InChI=1S/C27H28N4O2/c1-32-26-16-21(13-14-25(26)33-19-20-8-3-2-4-9-20)17-29-23-10-7-11-24-22(23)18-30-31(24)27-12-5-6-15-28-27/h2-6,8-9,12-16,18,23,29H,7,10-11,17,19H2,1H3. The number of fused-ring (bicyclic) bond motifs is 1. The topological polar surface area (TPSA) is 61.2 Å². The zero-order chi connectivity index (χ0) is 22.5. The summed E-state index contributed by atoms with van der Waals surface area (Å²) in [6, 6.07) is 22.5. The summed E-state index contributed by atoms with van der Waals surface area (Å²) >= 11 is 0. The summed E-state index contributed by atoms with van der Waals surface area (Å²) in [7, 11) is 1.68. The van der Waals surface area contributed by atoms with Crippen molar-refractivity contribution in [1.82, 2.24) is 20.1 Å². The molecular weight excluding hydrogens is 412 g/mol. The van der Waals surface area contributed by atoms with Gasteiger partial charge in [-0.25, -0.2) is 9.67 Å². The van der Waals surface area contributed by atoms with E-state index in [1.54, 1.807) is 7.11 Å². The Kier molecular flexibility index (Phi) is 6.35. The summed E-state index contributed by atoms with van der Waals surface area (Å²) in [6.07, 6.45) is 7.03. The van der Waals surface area contributed by atoms with Crippen LogP contribution in [0.5, 0.6) is 11.5 Å². The third-order valence-electron chi connectivity index (χ3n) is 6.07. The fourth-order valence-corrected chi connectivity index (χ4v) is 4.36. The van der Waals surface area contributed by atoms with Gasteiger partial charge in [0.15, 0.2) is 17.3 Å². The molecule has 1 unspecified atom stereocenters. The summed E-state index contributed by atoms with van der Waals surface area (Å²) < 4.78 is 13.6. The molecule has 0 spiro atoms. The van der Waals surface area contributed by atoms with Gasteiger partial charge in [-0.15, -0.1) is 0 Å². The number of hydrogen-bond acceptors (Lipinski definition) is 5. The van der Waals surface area contributed by atoms with E-state index in [-0.39, 0.29) is 6.04 Å². The molecule has 2 aromatic heterocycles. The number of nitrogens with zero attached hydrogens (tertiary/aromatic N) is 3. The van der Waals surface area contributed by atoms with Gasteiger partial charge in [-0.3, -0.25) is 0 Å². The van der Waals surface area contributed by atoms with Crippen molar-refractivity contribution in [3.8, 4) is 17.3 Å². The number of pyridine rings is 1. The SMILES string of the molecule is COc1cc(CNC2CCCc3c2cnn3-c2ccccn2)ccc1OCc1ccccc1. The average molecular weight is 441 g/mol. The molecule has 0 radical (unpaired) electrons. The molecule has 168 valence electrons. The number of rotatable bonds is 8. The quantitative estimate of drug-likeness (QED) is 0.417. The molecule has 2 aromatic carbocycles. The Labute approximate surface area is 194 Å². The number of methoxy groups -OCH3 is 1. The molecule has 0 amide bonds. The maximum Gasteiger partial charge on any atom is 0.161 e. The number of benzene rings is 2. The van der Waals surface area contributed by atoms with E-state index in [0.717, 1.165) is 54.3 Å². The minimum atomic E-state index is 0.270. The van der Waals surface area contributed by atoms with Crippen LogP contribution in [0.1, 0.15) is 41.3 Å². The Morgan fingerprint density at radius 1 is 1.00 bits per heavy atom. The number of ether oxygens (including phenoxy) is 2. The van der Waals surface area contributed by atoms with E-state index in [4.69, 9.17) is 9.47 Å². The molecule has 0 saturated heterocycles. The summed E-state index contributed by atoms with van der Waals surface area (Å²) in [6.45, 7) is 1.26. The molecule has 1 atom stereocenters. The second-order valence-electron chi connectivity index (χ2n) is 8.23. The molecule has 0 bridgehead atoms. The van der Waals surface area contributed by atoms with Gasteiger partial charge in [-0.2, -0.15) is 5.10 Å². The predicted octanol–water partition coefficient (Wildman–Crippen LogP) is 5.02. The maximum absolute atomic E-state index is 5.99. The first-order valence-corrected chi connectivity index (χ1v) is 11.4. The molecule has 33 heavy (non-hydrogen) atoms. The lowest BCUT2D eigenvalue weighted by Gasteiger charge is -2.24. The van der Waals surface area contributed by atoms with Crippen molar-refractivity contribution in [3.05, 3.63) is 102 Å². The van der Waals surface area contributed by atoms with Crippen molar-refractivity contribution in [3.63, 3.8) is 0 Å². The van der Waals surface area contributed by atoms with Crippen LogP contribution in [0, 0.1) is 0 Å². The van der Waals surface area contributed by atoms with Crippen LogP contribution in [0.25, 0.3) is 5.82 Å². The Hall–Kier alpha value is -3.64. The highest BCUT2D eigenvalue weighted by molar-refractivity contribution is 5.43. The van der Waals surface area contributed by atoms with E-state index in [9.17, 15) is 0 Å². The van der Waals surface area contributed by atoms with Crippen LogP contribution < -0.4 is 14.8 Å². The maximum atomic E-state index is 5.99. The van der Waals surface area contributed by atoms with Crippen LogP contribution in [0.15, 0.2) is 79.1 Å². The smallest absolute Gasteiger partial charge is 0.161 e. The number of hydrogen-bond donors (Lipinski definition) is 1. The van der Waals surface area contributed by atoms with Gasteiger partial charge in [0.25, 0.3) is 0 Å². The number of nitrogens with one attached hydrogen (secondary N) is 1. The predicted molar refractivity (Wildman–Crippen MR) is 128 cm³/mol. The molecule has 0 aliphatic heterocycles. The molecule has 0 fully saturated rings. The lowest BCUT2D eigenvalue weighted by molar-refractivity contribution is 0.284. The monoisotopic (exact) mass is 440 g/mol. The second-order valence-corrected chi connectivity index (χ2v) is 8.23. The average Bonchev–Trinajstić information content (AvgIpc) is 3.32. The van der Waals surface area contributed by atoms with Crippen LogP contribution in [0.3, 0.4) is 0 Å². The molecule has 1 aliphatic rings. The van der Waals surface area contributed by atoms with Gasteiger partial charge in [0.2, 0.25) is 0 Å². The van der Waals surface area contributed by atoms with E-state index in [1.165, 1.54) is 11.3 Å². The Morgan fingerprint density at radius 2 is 1.88 bits per heavy atom. The summed E-state index contributed by atoms with van der Waals surface area (Å²) in [5, 5.41) is 8.35. The second kappa shape index (κ2) is 9.88. The van der Waals surface area contributed by atoms with Crippen LogP contribution in [0.2, 0.25) is 0 Å². The lowest BCUT2D eigenvalue weighted by atomic mass is 9.92. The highest BCUT2D eigenvalue weighted by Gasteiger charge is 2.24. The lowest BCUT2D eigenvalue weighted by Crippen LogP contribution is -2.25. The molecule has 5 rings (SSSR count). The van der Waals surface area contributed by atoms with E-state index in [0.29, 0.717) is 6.61 Å². The molecule has 2 heterocycles. The van der Waals surface area contributed by atoms with Gasteiger partial charge in [0.05, 0.1) is 19.0 Å². The molecule has 0 saturated carbocycles. The van der Waals surface area contributed by atoms with Crippen molar-refractivity contribution < 1.29 is 9.47 Å². The zero-order valence-corrected chi connectivity index (χ0v) is 18.8. The van der Waals surface area contributed by atoms with Crippen molar-refractivity contribution in [2.24, 2.45) is 0 Å². The van der Waals surface area contributed by atoms with E-state index in [2.05, 4.69) is 33.6 Å². The van der Waals surface area contributed by atoms with Crippen LogP contribution >= 0.6 is 0 Å². The van der Waals surface area contributed by atoms with Crippen molar-refractivity contribution in [1.29, 1.82) is 0 Å². The summed E-state index contributed by atoms with van der Waals surface area (Å²) in [5.74, 6) is 2.37. The molecular formula is C27H28N4O2.